The van der Waals surface area contributed by atoms with Crippen LogP contribution in [-0.2, 0) is 4.79 Å². The number of carbonyl (C=O) groups excluding carboxylic acids is 1. The van der Waals surface area contributed by atoms with Crippen LogP contribution in [0.5, 0.6) is 0 Å². The van der Waals surface area contributed by atoms with E-state index in [-0.39, 0.29) is 11.3 Å². The molecule has 1 aliphatic heterocycles. The number of nitrogens with one attached hydrogen (secondary N) is 2. The van der Waals surface area contributed by atoms with Crippen molar-refractivity contribution < 1.29 is 4.79 Å². The van der Waals surface area contributed by atoms with Gasteiger partial charge in [-0.15, -0.1) is 0 Å². The average Bonchev–Trinajstić information content (AvgIpc) is 2.65. The number of rotatable bonds is 4. The molecule has 0 spiro atoms. The molecule has 1 aliphatic carbocycles. The molecule has 7 heteroatoms. The lowest BCUT2D eigenvalue weighted by Gasteiger charge is -2.32. The number of thioether (sulfide) groups is 1. The quantitative estimate of drug-likeness (QED) is 0.583. The molecule has 0 bridgehead atoms. The summed E-state index contributed by atoms with van der Waals surface area (Å²) in [5.41, 5.74) is 2.69. The van der Waals surface area contributed by atoms with Gasteiger partial charge in [0.15, 0.2) is 10.9 Å². The van der Waals surface area contributed by atoms with Gasteiger partial charge in [0.05, 0.1) is 5.56 Å². The summed E-state index contributed by atoms with van der Waals surface area (Å²) in [6.45, 7) is 2.08. The molecule has 1 unspecified atom stereocenters. The average molecular weight is 402 g/mol. The molecule has 0 fully saturated rings. The molecular weight excluding hydrogens is 382 g/mol. The minimum absolute atomic E-state index is 0.0863. The molecule has 140 valence electrons. The highest BCUT2D eigenvalue weighted by Crippen LogP contribution is 2.43. The fraction of sp³-hybridized carbons (Fsp3) is 0.350. The molecule has 0 amide bonds. The molecule has 2 aliphatic rings. The molecular formula is C20H20ClN3O2S. The van der Waals surface area contributed by atoms with Crippen molar-refractivity contribution in [3.63, 3.8) is 0 Å². The Morgan fingerprint density at radius 1 is 1.30 bits per heavy atom. The van der Waals surface area contributed by atoms with Gasteiger partial charge < -0.3 is 10.3 Å². The van der Waals surface area contributed by atoms with Crippen LogP contribution in [0.3, 0.4) is 0 Å². The number of aromatic amines is 1. The number of carbonyl (C=O) groups is 1. The Morgan fingerprint density at radius 2 is 2.15 bits per heavy atom. The molecule has 1 atom stereocenters. The monoisotopic (exact) mass is 401 g/mol. The van der Waals surface area contributed by atoms with Gasteiger partial charge in [-0.05, 0) is 37.0 Å². The molecule has 2 N–H and O–H groups in total. The van der Waals surface area contributed by atoms with E-state index in [4.69, 9.17) is 11.6 Å². The molecule has 4 rings (SSSR count). The number of anilines is 1. The van der Waals surface area contributed by atoms with Crippen molar-refractivity contribution in [2.45, 2.75) is 43.7 Å². The summed E-state index contributed by atoms with van der Waals surface area (Å²) in [7, 11) is 0. The van der Waals surface area contributed by atoms with Crippen LogP contribution < -0.4 is 10.9 Å². The second kappa shape index (κ2) is 7.52. The Hall–Kier alpha value is -2.05. The van der Waals surface area contributed by atoms with Crippen LogP contribution in [0.25, 0.3) is 0 Å². The first-order chi connectivity index (χ1) is 13.1. The first kappa shape index (κ1) is 18.3. The molecule has 1 aromatic heterocycles. The van der Waals surface area contributed by atoms with Gasteiger partial charge in [-0.25, -0.2) is 4.98 Å². The standard InChI is InChI=1S/C20H20ClN3O2S/c1-2-9-27-20-23-18-17(19(26)24-20)15(11-5-3-6-12(21)10-11)16-13(22-18)7-4-8-14(16)25/h3,5-6,10,15H,2,4,7-9H2,1H3,(H2,22,23,24,26). The first-order valence-corrected chi connectivity index (χ1v) is 10.5. The van der Waals surface area contributed by atoms with E-state index in [0.717, 1.165) is 36.3 Å². The Bertz CT molecular complexity index is 999. The number of aromatic nitrogens is 2. The molecule has 5 nitrogen and oxygen atoms in total. The number of fused-ring (bicyclic) bond motifs is 1. The molecule has 0 radical (unpaired) electrons. The Balaban J connectivity index is 1.91. The predicted molar refractivity (Wildman–Crippen MR) is 109 cm³/mol. The Kier molecular flexibility index (Phi) is 5.10. The van der Waals surface area contributed by atoms with E-state index in [1.54, 1.807) is 6.07 Å². The van der Waals surface area contributed by atoms with Gasteiger partial charge in [-0.1, -0.05) is 42.4 Å². The Labute approximate surface area is 166 Å². The van der Waals surface area contributed by atoms with Crippen LogP contribution >= 0.6 is 23.4 Å². The zero-order valence-electron chi connectivity index (χ0n) is 15.0. The number of hydrogen-bond acceptors (Lipinski definition) is 5. The minimum Gasteiger partial charge on any atom is -0.343 e. The van der Waals surface area contributed by atoms with Crippen molar-refractivity contribution in [1.29, 1.82) is 0 Å². The third kappa shape index (κ3) is 3.44. The van der Waals surface area contributed by atoms with E-state index in [9.17, 15) is 9.59 Å². The van der Waals surface area contributed by atoms with Crippen LogP contribution in [0.1, 0.15) is 49.7 Å². The maximum absolute atomic E-state index is 13.0. The second-order valence-corrected chi connectivity index (χ2v) is 8.28. The zero-order valence-corrected chi connectivity index (χ0v) is 16.5. The van der Waals surface area contributed by atoms with Gasteiger partial charge in [0, 0.05) is 34.4 Å². The van der Waals surface area contributed by atoms with Crippen molar-refractivity contribution in [2.75, 3.05) is 11.1 Å². The molecule has 1 aromatic carbocycles. The van der Waals surface area contributed by atoms with Gasteiger partial charge in [0.2, 0.25) is 0 Å². The number of benzene rings is 1. The SMILES string of the molecule is CCCSc1nc2c(c(=O)[nH]1)C(c1cccc(Cl)c1)C1=C(CCCC1=O)N2. The summed E-state index contributed by atoms with van der Waals surface area (Å²) in [4.78, 5) is 33.3. The summed E-state index contributed by atoms with van der Waals surface area (Å²) >= 11 is 7.73. The number of nitrogens with zero attached hydrogens (tertiary/aromatic N) is 1. The van der Waals surface area contributed by atoms with Crippen LogP contribution in [-0.4, -0.2) is 21.5 Å². The first-order valence-electron chi connectivity index (χ1n) is 9.14. The smallest absolute Gasteiger partial charge is 0.257 e. The summed E-state index contributed by atoms with van der Waals surface area (Å²) in [5, 5.41) is 4.46. The van der Waals surface area contributed by atoms with Crippen molar-refractivity contribution in [3.05, 3.63) is 62.0 Å². The van der Waals surface area contributed by atoms with E-state index < -0.39 is 5.92 Å². The summed E-state index contributed by atoms with van der Waals surface area (Å²) in [5.74, 6) is 1.08. The number of H-pyrrole nitrogens is 1. The van der Waals surface area contributed by atoms with Gasteiger partial charge in [0.1, 0.15) is 5.82 Å². The number of hydrogen-bond donors (Lipinski definition) is 2. The van der Waals surface area contributed by atoms with Crippen molar-refractivity contribution in [3.8, 4) is 0 Å². The Morgan fingerprint density at radius 3 is 2.93 bits per heavy atom. The second-order valence-electron chi connectivity index (χ2n) is 6.76. The van der Waals surface area contributed by atoms with E-state index in [1.807, 2.05) is 18.2 Å². The molecule has 2 heterocycles. The van der Waals surface area contributed by atoms with Crippen LogP contribution in [0.4, 0.5) is 5.82 Å². The van der Waals surface area contributed by atoms with Crippen LogP contribution in [0.2, 0.25) is 5.02 Å². The highest BCUT2D eigenvalue weighted by atomic mass is 35.5. The lowest BCUT2D eigenvalue weighted by Crippen LogP contribution is -2.32. The summed E-state index contributed by atoms with van der Waals surface area (Å²) < 4.78 is 0. The molecule has 0 saturated carbocycles. The third-order valence-corrected chi connectivity index (χ3v) is 6.18. The number of allylic oxidation sites excluding steroid dienone is 2. The molecule has 27 heavy (non-hydrogen) atoms. The van der Waals surface area contributed by atoms with Crippen LogP contribution in [0.15, 0.2) is 45.5 Å². The minimum atomic E-state index is -0.441. The van der Waals surface area contributed by atoms with Crippen molar-refractivity contribution in [1.82, 2.24) is 9.97 Å². The lowest BCUT2D eigenvalue weighted by molar-refractivity contribution is -0.116. The lowest BCUT2D eigenvalue weighted by atomic mass is 9.76. The maximum Gasteiger partial charge on any atom is 0.257 e. The van der Waals surface area contributed by atoms with Gasteiger partial charge in [-0.2, -0.15) is 0 Å². The summed E-state index contributed by atoms with van der Waals surface area (Å²) in [6.07, 6.45) is 3.09. The van der Waals surface area contributed by atoms with Crippen molar-refractivity contribution >= 4 is 35.0 Å². The highest BCUT2D eigenvalue weighted by molar-refractivity contribution is 7.99. The van der Waals surface area contributed by atoms with E-state index in [0.29, 0.717) is 33.6 Å². The van der Waals surface area contributed by atoms with Gasteiger partial charge >= 0.3 is 0 Å². The highest BCUT2D eigenvalue weighted by Gasteiger charge is 2.37. The molecule has 2 aromatic rings. The fourth-order valence-corrected chi connectivity index (χ4v) is 4.64. The number of halogens is 1. The van der Waals surface area contributed by atoms with E-state index in [1.165, 1.54) is 11.8 Å². The normalized spacial score (nSPS) is 18.7. The number of Topliss-reactive ketones (excluding diaryl/α,β-unsaturated/α-hetero) is 1. The fourth-order valence-electron chi connectivity index (χ4n) is 3.73. The van der Waals surface area contributed by atoms with Gasteiger partial charge in [0.25, 0.3) is 5.56 Å². The topological polar surface area (TPSA) is 74.8 Å². The predicted octanol–water partition coefficient (Wildman–Crippen LogP) is 4.49. The largest absolute Gasteiger partial charge is 0.343 e. The summed E-state index contributed by atoms with van der Waals surface area (Å²) in [6, 6.07) is 7.38. The number of ketones is 1. The van der Waals surface area contributed by atoms with Gasteiger partial charge in [-0.3, -0.25) is 9.59 Å². The maximum atomic E-state index is 13.0. The van der Waals surface area contributed by atoms with Crippen molar-refractivity contribution in [2.24, 2.45) is 0 Å². The third-order valence-electron chi connectivity index (χ3n) is 4.86. The van der Waals surface area contributed by atoms with E-state index >= 15 is 0 Å². The molecule has 0 saturated heterocycles. The zero-order chi connectivity index (χ0) is 19.0. The van der Waals surface area contributed by atoms with E-state index in [2.05, 4.69) is 22.2 Å². The van der Waals surface area contributed by atoms with Crippen LogP contribution in [0, 0.1) is 0 Å².